The lowest BCUT2D eigenvalue weighted by atomic mass is 9.87. The summed E-state index contributed by atoms with van der Waals surface area (Å²) in [6.07, 6.45) is 0. The Morgan fingerprint density at radius 3 is 1.84 bits per heavy atom. The third kappa shape index (κ3) is 3.72. The zero-order chi connectivity index (χ0) is 26.0. The zero-order valence-electron chi connectivity index (χ0n) is 22.3. The molecule has 0 saturated carbocycles. The van der Waals surface area contributed by atoms with Crippen molar-refractivity contribution in [1.29, 1.82) is 0 Å². The summed E-state index contributed by atoms with van der Waals surface area (Å²) in [6.45, 7) is 13.3. The van der Waals surface area contributed by atoms with Gasteiger partial charge in [-0.05, 0) is 115 Å². The minimum Gasteiger partial charge on any atom is -0.246 e. The average Bonchev–Trinajstić information content (AvgIpc) is 2.89. The molecule has 0 bridgehead atoms. The third-order valence-electron chi connectivity index (χ3n) is 8.28. The maximum atomic E-state index is 6.25. The fraction of sp³-hybridized carbons (Fsp3) is 0.171. The molecule has 0 aliphatic heterocycles. The summed E-state index contributed by atoms with van der Waals surface area (Å²) in [5, 5.41) is 6.81. The molecule has 0 aliphatic carbocycles. The molecule has 0 spiro atoms. The first-order valence-corrected chi connectivity index (χ1v) is 13.2. The van der Waals surface area contributed by atoms with Crippen LogP contribution in [0.15, 0.2) is 72.8 Å². The van der Waals surface area contributed by atoms with Gasteiger partial charge in [0.1, 0.15) is 0 Å². The monoisotopic (exact) mass is 499 g/mol. The van der Waals surface area contributed by atoms with Crippen LogP contribution in [-0.4, -0.2) is 4.98 Å². The van der Waals surface area contributed by atoms with Crippen molar-refractivity contribution in [1.82, 2.24) is 4.98 Å². The summed E-state index contributed by atoms with van der Waals surface area (Å²) in [4.78, 5) is 5.40. The second kappa shape index (κ2) is 8.71. The Kier molecular flexibility index (Phi) is 5.58. The number of benzene rings is 5. The van der Waals surface area contributed by atoms with Gasteiger partial charge < -0.3 is 0 Å². The normalized spacial score (nSPS) is 11.6. The standard InChI is InChI=1S/C35H30ClN/c1-19-15-26(16-20(2)22(19)4)30-18-32-31-17-21(3)23(5)24(6)33(31)34(25-11-13-27(36)14-12-25)37-35(32)29-10-8-7-9-28(29)30/h7-18H,1-6H3. The van der Waals surface area contributed by atoms with E-state index in [-0.39, 0.29) is 0 Å². The van der Waals surface area contributed by atoms with Gasteiger partial charge in [0.15, 0.2) is 0 Å². The number of rotatable bonds is 2. The van der Waals surface area contributed by atoms with Crippen molar-refractivity contribution in [2.45, 2.75) is 41.5 Å². The van der Waals surface area contributed by atoms with Crippen LogP contribution in [0.1, 0.15) is 33.4 Å². The maximum absolute atomic E-state index is 6.25. The second-order valence-electron chi connectivity index (χ2n) is 10.4. The van der Waals surface area contributed by atoms with Crippen molar-refractivity contribution in [3.63, 3.8) is 0 Å². The maximum Gasteiger partial charge on any atom is 0.0794 e. The Morgan fingerprint density at radius 2 is 1.16 bits per heavy atom. The van der Waals surface area contributed by atoms with E-state index in [1.165, 1.54) is 71.4 Å². The minimum atomic E-state index is 0.733. The Morgan fingerprint density at radius 1 is 0.541 bits per heavy atom. The average molecular weight is 500 g/mol. The highest BCUT2D eigenvalue weighted by Crippen LogP contribution is 2.42. The first kappa shape index (κ1) is 23.7. The summed E-state index contributed by atoms with van der Waals surface area (Å²) in [7, 11) is 0. The van der Waals surface area contributed by atoms with Crippen LogP contribution in [0.5, 0.6) is 0 Å². The van der Waals surface area contributed by atoms with E-state index >= 15 is 0 Å². The summed E-state index contributed by atoms with van der Waals surface area (Å²) in [6, 6.07) is 26.1. The number of aryl methyl sites for hydroxylation is 4. The number of nitrogens with zero attached hydrogens (tertiary/aromatic N) is 1. The molecule has 0 atom stereocenters. The predicted molar refractivity (Wildman–Crippen MR) is 161 cm³/mol. The highest BCUT2D eigenvalue weighted by molar-refractivity contribution is 6.30. The molecule has 0 aliphatic rings. The first-order valence-electron chi connectivity index (χ1n) is 12.8. The molecule has 0 radical (unpaired) electrons. The van der Waals surface area contributed by atoms with Gasteiger partial charge in [-0.25, -0.2) is 4.98 Å². The summed E-state index contributed by atoms with van der Waals surface area (Å²) in [5.74, 6) is 0. The molecule has 0 amide bonds. The molecule has 37 heavy (non-hydrogen) atoms. The highest BCUT2D eigenvalue weighted by atomic mass is 35.5. The van der Waals surface area contributed by atoms with Crippen molar-refractivity contribution in [2.75, 3.05) is 0 Å². The minimum absolute atomic E-state index is 0.733. The Bertz CT molecular complexity index is 1850. The van der Waals surface area contributed by atoms with Crippen LogP contribution in [0.3, 0.4) is 0 Å². The fourth-order valence-electron chi connectivity index (χ4n) is 5.70. The SMILES string of the molecule is Cc1cc(-c2cc3c4cc(C)c(C)c(C)c4c(-c4ccc(Cl)cc4)nc3c3ccccc23)cc(C)c1C. The highest BCUT2D eigenvalue weighted by Gasteiger charge is 2.19. The number of pyridine rings is 1. The summed E-state index contributed by atoms with van der Waals surface area (Å²) in [5.41, 5.74) is 13.6. The number of hydrogen-bond acceptors (Lipinski definition) is 1. The number of fused-ring (bicyclic) bond motifs is 5. The molecule has 0 N–H and O–H groups in total. The van der Waals surface area contributed by atoms with Gasteiger partial charge in [-0.3, -0.25) is 0 Å². The van der Waals surface area contributed by atoms with Crippen LogP contribution >= 0.6 is 11.6 Å². The molecule has 1 aromatic heterocycles. The molecule has 6 rings (SSSR count). The van der Waals surface area contributed by atoms with E-state index in [9.17, 15) is 0 Å². The van der Waals surface area contributed by atoms with E-state index in [1.807, 2.05) is 12.1 Å². The largest absolute Gasteiger partial charge is 0.246 e. The Hall–Kier alpha value is -3.68. The molecule has 0 saturated heterocycles. The van der Waals surface area contributed by atoms with Crippen molar-refractivity contribution < 1.29 is 0 Å². The van der Waals surface area contributed by atoms with Crippen LogP contribution < -0.4 is 0 Å². The van der Waals surface area contributed by atoms with Crippen molar-refractivity contribution in [3.8, 4) is 22.4 Å². The van der Waals surface area contributed by atoms with Crippen LogP contribution in [0, 0.1) is 41.5 Å². The van der Waals surface area contributed by atoms with E-state index < -0.39 is 0 Å². The quantitative estimate of drug-likeness (QED) is 0.216. The van der Waals surface area contributed by atoms with Gasteiger partial charge in [-0.2, -0.15) is 0 Å². The fourth-order valence-corrected chi connectivity index (χ4v) is 5.83. The molecule has 0 unspecified atom stereocenters. The third-order valence-corrected chi connectivity index (χ3v) is 8.53. The van der Waals surface area contributed by atoms with Gasteiger partial charge in [0.2, 0.25) is 0 Å². The van der Waals surface area contributed by atoms with Crippen LogP contribution in [0.25, 0.3) is 54.8 Å². The molecule has 5 aromatic carbocycles. The van der Waals surface area contributed by atoms with Crippen LogP contribution in [-0.2, 0) is 0 Å². The van der Waals surface area contributed by atoms with Crippen LogP contribution in [0.2, 0.25) is 5.02 Å². The molecular weight excluding hydrogens is 470 g/mol. The van der Waals surface area contributed by atoms with E-state index in [0.29, 0.717) is 0 Å². The Labute approximate surface area is 223 Å². The summed E-state index contributed by atoms with van der Waals surface area (Å²) >= 11 is 6.25. The predicted octanol–water partition coefficient (Wildman–Crippen LogP) is 10.4. The van der Waals surface area contributed by atoms with E-state index in [0.717, 1.165) is 21.8 Å². The second-order valence-corrected chi connectivity index (χ2v) is 10.9. The van der Waals surface area contributed by atoms with Gasteiger partial charge in [0.25, 0.3) is 0 Å². The van der Waals surface area contributed by atoms with Crippen molar-refractivity contribution in [2.24, 2.45) is 0 Å². The molecule has 2 heteroatoms. The van der Waals surface area contributed by atoms with Gasteiger partial charge in [-0.1, -0.05) is 66.2 Å². The van der Waals surface area contributed by atoms with Gasteiger partial charge in [0, 0.05) is 26.7 Å². The van der Waals surface area contributed by atoms with Gasteiger partial charge in [-0.15, -0.1) is 0 Å². The number of hydrogen-bond donors (Lipinski definition) is 0. The van der Waals surface area contributed by atoms with Gasteiger partial charge in [0.05, 0.1) is 11.2 Å². The molecular formula is C35H30ClN. The number of halogens is 1. The first-order chi connectivity index (χ1) is 17.7. The smallest absolute Gasteiger partial charge is 0.0794 e. The Balaban J connectivity index is 1.83. The van der Waals surface area contributed by atoms with Crippen molar-refractivity contribution in [3.05, 3.63) is 111 Å². The summed E-state index contributed by atoms with van der Waals surface area (Å²) < 4.78 is 0. The zero-order valence-corrected chi connectivity index (χ0v) is 23.0. The van der Waals surface area contributed by atoms with Crippen molar-refractivity contribution >= 4 is 44.0 Å². The van der Waals surface area contributed by atoms with Crippen LogP contribution in [0.4, 0.5) is 0 Å². The lowest BCUT2D eigenvalue weighted by molar-refractivity contribution is 1.27. The molecule has 182 valence electrons. The molecule has 1 nitrogen and oxygen atoms in total. The molecule has 0 fully saturated rings. The molecule has 1 heterocycles. The number of aromatic nitrogens is 1. The molecule has 6 aromatic rings. The lowest BCUT2D eigenvalue weighted by Gasteiger charge is -2.19. The van der Waals surface area contributed by atoms with E-state index in [1.54, 1.807) is 0 Å². The van der Waals surface area contributed by atoms with Gasteiger partial charge >= 0.3 is 0 Å². The lowest BCUT2D eigenvalue weighted by Crippen LogP contribution is -1.97. The van der Waals surface area contributed by atoms with E-state index in [2.05, 4.69) is 102 Å². The van der Waals surface area contributed by atoms with E-state index in [4.69, 9.17) is 16.6 Å². The topological polar surface area (TPSA) is 12.9 Å².